The Morgan fingerprint density at radius 3 is 2.54 bits per heavy atom. The number of ether oxygens (including phenoxy) is 2. The van der Waals surface area contributed by atoms with Crippen molar-refractivity contribution in [3.63, 3.8) is 0 Å². The number of hydrogen-bond acceptors (Lipinski definition) is 8. The molecule has 0 saturated heterocycles. The summed E-state index contributed by atoms with van der Waals surface area (Å²) in [5, 5.41) is 10.4. The van der Waals surface area contributed by atoms with Gasteiger partial charge in [-0.15, -0.1) is 11.8 Å². The third-order valence-corrected chi connectivity index (χ3v) is 9.12. The molecule has 0 spiro atoms. The third kappa shape index (κ3) is 6.13. The molecule has 1 N–H and O–H groups in total. The summed E-state index contributed by atoms with van der Waals surface area (Å²) in [4.78, 5) is 14.9. The number of para-hydroxylation sites is 1. The topological polar surface area (TPSA) is 93.1 Å². The highest BCUT2D eigenvalue weighted by Gasteiger charge is 2.40. The minimum atomic E-state index is -3.66. The molecular formula is C26H35NO6S2. The highest BCUT2D eigenvalue weighted by Crippen LogP contribution is 2.46. The summed E-state index contributed by atoms with van der Waals surface area (Å²) < 4.78 is 37.9. The van der Waals surface area contributed by atoms with E-state index in [-0.39, 0.29) is 17.3 Å². The first-order chi connectivity index (χ1) is 16.5. The van der Waals surface area contributed by atoms with Gasteiger partial charge in [-0.25, -0.2) is 13.2 Å². The van der Waals surface area contributed by atoms with Crippen molar-refractivity contribution in [1.82, 2.24) is 0 Å². The molecule has 0 aliphatic carbocycles. The van der Waals surface area contributed by atoms with Gasteiger partial charge in [0.1, 0.15) is 12.4 Å². The maximum Gasteiger partial charge on any atom is 0.341 e. The Kier molecular flexibility index (Phi) is 8.44. The van der Waals surface area contributed by atoms with Crippen LogP contribution in [0.25, 0.3) is 0 Å². The van der Waals surface area contributed by atoms with E-state index in [2.05, 4.69) is 16.6 Å². The second-order valence-electron chi connectivity index (χ2n) is 9.62. The summed E-state index contributed by atoms with van der Waals surface area (Å²) in [5.74, 6) is -0.504. The Hall–Kier alpha value is -2.23. The zero-order valence-corrected chi connectivity index (χ0v) is 22.7. The Morgan fingerprint density at radius 1 is 1.26 bits per heavy atom. The highest BCUT2D eigenvalue weighted by atomic mass is 32.2. The van der Waals surface area contributed by atoms with Crippen LogP contribution in [0.3, 0.4) is 0 Å². The number of methoxy groups -OCH3 is 1. The lowest BCUT2D eigenvalue weighted by atomic mass is 9.86. The van der Waals surface area contributed by atoms with E-state index in [1.807, 2.05) is 49.6 Å². The van der Waals surface area contributed by atoms with Gasteiger partial charge in [0.15, 0.2) is 15.4 Å². The van der Waals surface area contributed by atoms with Crippen LogP contribution in [-0.4, -0.2) is 57.4 Å². The van der Waals surface area contributed by atoms with Gasteiger partial charge in [0, 0.05) is 18.3 Å². The van der Waals surface area contributed by atoms with Crippen LogP contribution >= 0.6 is 11.8 Å². The average molecular weight is 522 g/mol. The first-order valence-corrected chi connectivity index (χ1v) is 14.5. The van der Waals surface area contributed by atoms with Gasteiger partial charge in [-0.05, 0) is 43.2 Å². The maximum atomic E-state index is 13.7. The van der Waals surface area contributed by atoms with Crippen LogP contribution in [0.15, 0.2) is 52.3 Å². The molecule has 7 nitrogen and oxygen atoms in total. The van der Waals surface area contributed by atoms with Crippen molar-refractivity contribution in [2.45, 2.75) is 55.4 Å². The second-order valence-corrected chi connectivity index (χ2v) is 12.4. The smallest absolute Gasteiger partial charge is 0.341 e. The SMILES string of the molecule is CCCCC1(C)CN(c2ccccc2)c2cc(SC)c(OCC(C)(O)C(=O)OC)cc2S(=O)(=O)C1. The molecule has 3 rings (SSSR count). The van der Waals surface area contributed by atoms with Gasteiger partial charge in [-0.2, -0.15) is 0 Å². The Balaban J connectivity index is 2.14. The zero-order chi connectivity index (χ0) is 25.9. The van der Waals surface area contributed by atoms with Crippen LogP contribution in [-0.2, 0) is 19.4 Å². The molecule has 0 fully saturated rings. The summed E-state index contributed by atoms with van der Waals surface area (Å²) in [6.07, 6.45) is 4.60. The van der Waals surface area contributed by atoms with Crippen LogP contribution in [0, 0.1) is 5.41 Å². The number of nitrogens with zero attached hydrogens (tertiary/aromatic N) is 1. The number of rotatable bonds is 9. The summed E-state index contributed by atoms with van der Waals surface area (Å²) in [7, 11) is -2.48. The first kappa shape index (κ1) is 27.4. The molecule has 0 radical (unpaired) electrons. The number of thioether (sulfide) groups is 1. The van der Waals surface area contributed by atoms with Gasteiger partial charge in [-0.3, -0.25) is 0 Å². The van der Waals surface area contributed by atoms with E-state index in [4.69, 9.17) is 4.74 Å². The largest absolute Gasteiger partial charge is 0.489 e. The van der Waals surface area contributed by atoms with Crippen molar-refractivity contribution in [2.75, 3.05) is 37.2 Å². The van der Waals surface area contributed by atoms with E-state index < -0.39 is 26.8 Å². The van der Waals surface area contributed by atoms with Crippen molar-refractivity contribution >= 4 is 38.9 Å². The lowest BCUT2D eigenvalue weighted by Crippen LogP contribution is -2.42. The molecule has 0 amide bonds. The molecule has 2 aromatic rings. The van der Waals surface area contributed by atoms with Crippen LogP contribution in [0.1, 0.15) is 40.0 Å². The Labute approximate surface area is 212 Å². The fraction of sp³-hybridized carbons (Fsp3) is 0.500. The number of sulfone groups is 1. The van der Waals surface area contributed by atoms with Crippen LogP contribution < -0.4 is 9.64 Å². The quantitative estimate of drug-likeness (QED) is 0.370. The molecule has 2 aromatic carbocycles. The van der Waals surface area contributed by atoms with Crippen molar-refractivity contribution in [3.8, 4) is 5.75 Å². The average Bonchev–Trinajstić information content (AvgIpc) is 2.92. The van der Waals surface area contributed by atoms with Crippen LogP contribution in [0.2, 0.25) is 0 Å². The lowest BCUT2D eigenvalue weighted by molar-refractivity contribution is -0.163. The maximum absolute atomic E-state index is 13.7. The highest BCUT2D eigenvalue weighted by molar-refractivity contribution is 7.98. The van der Waals surface area contributed by atoms with Crippen molar-refractivity contribution < 1.29 is 27.8 Å². The number of carbonyl (C=O) groups excluding carboxylic acids is 1. The molecule has 2 unspecified atom stereocenters. The molecule has 9 heteroatoms. The number of benzene rings is 2. The van der Waals surface area contributed by atoms with Crippen LogP contribution in [0.5, 0.6) is 5.75 Å². The Bertz CT molecular complexity index is 1150. The van der Waals surface area contributed by atoms with E-state index in [0.29, 0.717) is 22.9 Å². The van der Waals surface area contributed by atoms with Gasteiger partial charge in [0.2, 0.25) is 0 Å². The number of anilines is 2. The fourth-order valence-electron chi connectivity index (χ4n) is 4.40. The minimum absolute atomic E-state index is 0.0221. The predicted molar refractivity (Wildman–Crippen MR) is 139 cm³/mol. The predicted octanol–water partition coefficient (Wildman–Crippen LogP) is 4.83. The third-order valence-electron chi connectivity index (χ3n) is 6.29. The summed E-state index contributed by atoms with van der Waals surface area (Å²) >= 11 is 1.41. The number of carbonyl (C=O) groups is 1. The molecule has 192 valence electrons. The number of fused-ring (bicyclic) bond motifs is 1. The van der Waals surface area contributed by atoms with Gasteiger partial charge >= 0.3 is 5.97 Å². The second kappa shape index (κ2) is 10.8. The van der Waals surface area contributed by atoms with E-state index in [1.165, 1.54) is 31.9 Å². The minimum Gasteiger partial charge on any atom is -0.489 e. The van der Waals surface area contributed by atoms with E-state index >= 15 is 0 Å². The van der Waals surface area contributed by atoms with E-state index in [9.17, 15) is 18.3 Å². The van der Waals surface area contributed by atoms with Gasteiger partial charge in [0.25, 0.3) is 0 Å². The van der Waals surface area contributed by atoms with E-state index in [1.54, 1.807) is 0 Å². The van der Waals surface area contributed by atoms with Gasteiger partial charge in [-0.1, -0.05) is 44.9 Å². The fourth-order valence-corrected chi connectivity index (χ4v) is 7.03. The number of hydrogen-bond donors (Lipinski definition) is 1. The molecule has 0 saturated carbocycles. The number of esters is 1. The zero-order valence-electron chi connectivity index (χ0n) is 21.0. The normalized spacial score (nSPS) is 20.9. The summed E-state index contributed by atoms with van der Waals surface area (Å²) in [6.45, 7) is 5.64. The van der Waals surface area contributed by atoms with Crippen molar-refractivity contribution in [3.05, 3.63) is 42.5 Å². The summed E-state index contributed by atoms with van der Waals surface area (Å²) in [6, 6.07) is 13.2. The molecular weight excluding hydrogens is 486 g/mol. The molecule has 1 heterocycles. The number of unbranched alkanes of at least 4 members (excludes halogenated alkanes) is 1. The molecule has 35 heavy (non-hydrogen) atoms. The lowest BCUT2D eigenvalue weighted by Gasteiger charge is -2.34. The molecule has 0 aromatic heterocycles. The summed E-state index contributed by atoms with van der Waals surface area (Å²) in [5.41, 5.74) is -0.792. The molecule has 1 aliphatic heterocycles. The Morgan fingerprint density at radius 2 is 1.94 bits per heavy atom. The van der Waals surface area contributed by atoms with Crippen molar-refractivity contribution in [2.24, 2.45) is 5.41 Å². The first-order valence-electron chi connectivity index (χ1n) is 11.7. The van der Waals surface area contributed by atoms with E-state index in [0.717, 1.165) is 24.9 Å². The number of aliphatic hydroxyl groups is 1. The standard InChI is InChI=1S/C26H35NO6S2/c1-6-7-13-25(2)16-27(19-11-9-8-10-12-19)20-14-22(34-5)21(15-23(20)35(30,31)18-25)33-17-26(3,29)24(28)32-4/h8-12,14-15,29H,6-7,13,16-18H2,1-5H3. The monoisotopic (exact) mass is 521 g/mol. The van der Waals surface area contributed by atoms with Gasteiger partial charge < -0.3 is 19.5 Å². The van der Waals surface area contributed by atoms with Crippen LogP contribution in [0.4, 0.5) is 11.4 Å². The molecule has 2 atom stereocenters. The molecule has 1 aliphatic rings. The molecule has 0 bridgehead atoms. The van der Waals surface area contributed by atoms with Gasteiger partial charge in [0.05, 0.1) is 28.3 Å². The van der Waals surface area contributed by atoms with Crippen molar-refractivity contribution in [1.29, 1.82) is 0 Å².